The Morgan fingerprint density at radius 1 is 1.03 bits per heavy atom. The lowest BCUT2D eigenvalue weighted by molar-refractivity contribution is 0.183. The summed E-state index contributed by atoms with van der Waals surface area (Å²) in [5, 5.41) is 13.9. The van der Waals surface area contributed by atoms with Gasteiger partial charge in [-0.3, -0.25) is 4.57 Å². The average Bonchev–Trinajstić information content (AvgIpc) is 2.76. The predicted octanol–water partition coefficient (Wildman–Crippen LogP) is 4.24. The van der Waals surface area contributed by atoms with E-state index < -0.39 is 13.5 Å². The van der Waals surface area contributed by atoms with Gasteiger partial charge < -0.3 is 29.2 Å². The van der Waals surface area contributed by atoms with Crippen molar-refractivity contribution in [3.05, 3.63) is 53.6 Å². The molecular weight excluding hydrogens is 417 g/mol. The molecule has 0 aromatic heterocycles. The number of aliphatic hydroxyl groups is 1. The minimum atomic E-state index is -3.01. The molecule has 7 nitrogen and oxygen atoms in total. The lowest BCUT2D eigenvalue weighted by atomic mass is 10.1. The van der Waals surface area contributed by atoms with Gasteiger partial charge in [0.15, 0.2) is 11.5 Å². The minimum Gasteiger partial charge on any atom is -0.493 e. The molecule has 0 fully saturated rings. The number of benzene rings is 2. The summed E-state index contributed by atoms with van der Waals surface area (Å²) in [4.78, 5) is 0. The molecule has 0 spiro atoms. The summed E-state index contributed by atoms with van der Waals surface area (Å²) in [7, 11) is 1.69. The van der Waals surface area contributed by atoms with E-state index in [2.05, 4.69) is 5.32 Å². The second-order valence-electron chi connectivity index (χ2n) is 7.30. The summed E-state index contributed by atoms with van der Waals surface area (Å²) in [5.41, 5.74) is 1.85. The number of nitrogens with one attached hydrogen (secondary N) is 1. The molecule has 1 unspecified atom stereocenters. The van der Waals surface area contributed by atoms with Crippen LogP contribution in [0.4, 0.5) is 0 Å². The van der Waals surface area contributed by atoms with Gasteiger partial charge in [0.25, 0.3) is 0 Å². The Kier molecular flexibility index (Phi) is 9.85. The van der Waals surface area contributed by atoms with Crippen LogP contribution < -0.4 is 19.5 Å². The molecular formula is C23H34NO6P. The number of rotatable bonds is 13. The maximum Gasteiger partial charge on any atom is 0.210 e. The third-order valence-corrected chi connectivity index (χ3v) is 7.52. The zero-order valence-electron chi connectivity index (χ0n) is 19.0. The molecule has 0 heterocycles. The molecule has 0 aliphatic carbocycles. The molecule has 0 aliphatic heterocycles. The zero-order chi connectivity index (χ0) is 22.9. The van der Waals surface area contributed by atoms with Gasteiger partial charge in [0.1, 0.15) is 0 Å². The van der Waals surface area contributed by atoms with Crippen molar-refractivity contribution in [1.82, 2.24) is 5.32 Å². The first-order chi connectivity index (χ1) is 14.9. The van der Waals surface area contributed by atoms with E-state index in [0.29, 0.717) is 30.0 Å². The third kappa shape index (κ3) is 7.25. The highest BCUT2D eigenvalue weighted by Gasteiger charge is 2.27. The van der Waals surface area contributed by atoms with Gasteiger partial charge in [-0.1, -0.05) is 30.3 Å². The van der Waals surface area contributed by atoms with Crippen LogP contribution >= 0.6 is 7.37 Å². The van der Waals surface area contributed by atoms with Gasteiger partial charge in [-0.05, 0) is 37.1 Å². The van der Waals surface area contributed by atoms with E-state index in [1.807, 2.05) is 56.3 Å². The zero-order valence-corrected chi connectivity index (χ0v) is 19.9. The molecule has 2 rings (SSSR count). The number of aliphatic hydroxyl groups excluding tert-OH is 1. The van der Waals surface area contributed by atoms with Crippen LogP contribution in [0.5, 0.6) is 17.2 Å². The van der Waals surface area contributed by atoms with Crippen molar-refractivity contribution in [3.8, 4) is 17.2 Å². The monoisotopic (exact) mass is 451 g/mol. The van der Waals surface area contributed by atoms with Crippen LogP contribution in [0.3, 0.4) is 0 Å². The Morgan fingerprint density at radius 3 is 2.16 bits per heavy atom. The van der Waals surface area contributed by atoms with Crippen LogP contribution in [-0.4, -0.2) is 51.9 Å². The molecule has 0 aliphatic rings. The number of hydrogen-bond acceptors (Lipinski definition) is 7. The Labute approximate surface area is 185 Å². The lowest BCUT2D eigenvalue weighted by Gasteiger charge is -2.23. The SMILES string of the molecule is CCOP(=O)(Cc1ccccc1)C[C@@H](O)CN[C@@H](C)c1cc(OC)c(OC)c(OC)c1. The molecule has 0 bridgehead atoms. The third-order valence-electron chi connectivity index (χ3n) is 4.97. The average molecular weight is 452 g/mol. The van der Waals surface area contributed by atoms with Crippen LogP contribution in [0.15, 0.2) is 42.5 Å². The van der Waals surface area contributed by atoms with E-state index >= 15 is 0 Å². The lowest BCUT2D eigenvalue weighted by Crippen LogP contribution is -2.31. The molecule has 0 radical (unpaired) electrons. The highest BCUT2D eigenvalue weighted by molar-refractivity contribution is 7.58. The van der Waals surface area contributed by atoms with Gasteiger partial charge in [-0.15, -0.1) is 0 Å². The van der Waals surface area contributed by atoms with Gasteiger partial charge in [0, 0.05) is 18.7 Å². The first-order valence-electron chi connectivity index (χ1n) is 10.3. The fourth-order valence-corrected chi connectivity index (χ4v) is 5.76. The molecule has 31 heavy (non-hydrogen) atoms. The largest absolute Gasteiger partial charge is 0.493 e. The van der Waals surface area contributed by atoms with Crippen molar-refractivity contribution in [3.63, 3.8) is 0 Å². The van der Waals surface area contributed by atoms with E-state index in [4.69, 9.17) is 18.7 Å². The van der Waals surface area contributed by atoms with Crippen molar-refractivity contribution in [2.75, 3.05) is 40.6 Å². The molecule has 2 aromatic carbocycles. The molecule has 0 saturated carbocycles. The topological polar surface area (TPSA) is 86.3 Å². The van der Waals surface area contributed by atoms with Crippen LogP contribution in [0.1, 0.15) is 31.0 Å². The smallest absolute Gasteiger partial charge is 0.210 e. The van der Waals surface area contributed by atoms with E-state index in [0.717, 1.165) is 11.1 Å². The van der Waals surface area contributed by atoms with Crippen LogP contribution in [0.25, 0.3) is 0 Å². The highest BCUT2D eigenvalue weighted by Crippen LogP contribution is 2.50. The summed E-state index contributed by atoms with van der Waals surface area (Å²) < 4.78 is 35.1. The molecule has 0 saturated heterocycles. The Hall–Kier alpha value is -2.05. The predicted molar refractivity (Wildman–Crippen MR) is 123 cm³/mol. The first kappa shape index (κ1) is 25.2. The van der Waals surface area contributed by atoms with Gasteiger partial charge in [0.2, 0.25) is 13.1 Å². The fraction of sp³-hybridized carbons (Fsp3) is 0.478. The minimum absolute atomic E-state index is 0.0880. The van der Waals surface area contributed by atoms with Gasteiger partial charge in [-0.2, -0.15) is 0 Å². The second kappa shape index (κ2) is 12.1. The Balaban J connectivity index is 2.03. The van der Waals surface area contributed by atoms with Gasteiger partial charge >= 0.3 is 0 Å². The summed E-state index contributed by atoms with van der Waals surface area (Å²) >= 11 is 0. The summed E-state index contributed by atoms with van der Waals surface area (Å²) in [6, 6.07) is 13.2. The van der Waals surface area contributed by atoms with Crippen LogP contribution in [0.2, 0.25) is 0 Å². The summed E-state index contributed by atoms with van der Waals surface area (Å²) in [6.45, 7) is 4.39. The van der Waals surface area contributed by atoms with Crippen LogP contribution in [-0.2, 0) is 15.3 Å². The van der Waals surface area contributed by atoms with Crippen molar-refractivity contribution in [2.45, 2.75) is 32.2 Å². The Bertz CT molecular complexity index is 835. The number of methoxy groups -OCH3 is 3. The fourth-order valence-electron chi connectivity index (χ4n) is 3.43. The molecule has 172 valence electrons. The molecule has 0 amide bonds. The molecule has 8 heteroatoms. The quantitative estimate of drug-likeness (QED) is 0.441. The maximum atomic E-state index is 13.3. The Morgan fingerprint density at radius 2 is 1.65 bits per heavy atom. The van der Waals surface area contributed by atoms with Crippen molar-refractivity contribution < 1.29 is 28.4 Å². The van der Waals surface area contributed by atoms with E-state index in [-0.39, 0.29) is 18.7 Å². The van der Waals surface area contributed by atoms with Crippen LogP contribution in [0, 0.1) is 0 Å². The number of ether oxygens (including phenoxy) is 3. The second-order valence-corrected chi connectivity index (χ2v) is 9.87. The van der Waals surface area contributed by atoms with Gasteiger partial charge in [-0.25, -0.2) is 0 Å². The van der Waals surface area contributed by atoms with Crippen molar-refractivity contribution in [2.24, 2.45) is 0 Å². The molecule has 2 N–H and O–H groups in total. The van der Waals surface area contributed by atoms with Crippen molar-refractivity contribution >= 4 is 7.37 Å². The maximum absolute atomic E-state index is 13.3. The van der Waals surface area contributed by atoms with E-state index in [1.54, 1.807) is 21.3 Å². The number of hydrogen-bond donors (Lipinski definition) is 2. The normalized spacial score (nSPS) is 15.0. The standard InChI is InChI=1S/C23H34NO6P/c1-6-30-31(26,15-18-10-8-7-9-11-18)16-20(25)14-24-17(2)19-12-21(27-3)23(29-5)22(13-19)28-4/h7-13,17,20,24-25H,6,14-16H2,1-5H3/t17-,20-,31?/m0/s1. The molecule has 2 aromatic rings. The first-order valence-corrected chi connectivity index (χ1v) is 12.3. The summed E-state index contributed by atoms with van der Waals surface area (Å²) in [6.07, 6.45) is -0.420. The van der Waals surface area contributed by atoms with Crippen molar-refractivity contribution in [1.29, 1.82) is 0 Å². The van der Waals surface area contributed by atoms with E-state index in [9.17, 15) is 9.67 Å². The molecule has 3 atom stereocenters. The van der Waals surface area contributed by atoms with Gasteiger partial charge in [0.05, 0.1) is 40.2 Å². The summed E-state index contributed by atoms with van der Waals surface area (Å²) in [5.74, 6) is 1.66. The highest BCUT2D eigenvalue weighted by atomic mass is 31.2. The van der Waals surface area contributed by atoms with E-state index in [1.165, 1.54) is 0 Å².